The molecule has 22 heavy (non-hydrogen) atoms. The van der Waals surface area contributed by atoms with Crippen LogP contribution in [0.15, 0.2) is 0 Å². The third kappa shape index (κ3) is 4.62. The Kier molecular flexibility index (Phi) is 6.21. The number of rotatable bonds is 4. The van der Waals surface area contributed by atoms with Crippen LogP contribution in [0.5, 0.6) is 0 Å². The molecule has 0 spiro atoms. The number of alkyl halides is 2. The topological polar surface area (TPSA) is 88.1 Å². The molecule has 0 amide bonds. The number of ether oxygens (including phenoxy) is 4. The number of hydrogen-bond donors (Lipinski definition) is 0. The van der Waals surface area contributed by atoms with Crippen molar-refractivity contribution in [1.29, 1.82) is 0 Å². The molecule has 2 unspecified atom stereocenters. The highest BCUT2D eigenvalue weighted by atomic mass is 19.3. The molecule has 9 heteroatoms. The number of halogens is 2. The van der Waals surface area contributed by atoms with Crippen molar-refractivity contribution in [3.05, 3.63) is 0 Å². The highest BCUT2D eigenvalue weighted by Crippen LogP contribution is 2.31. The first-order chi connectivity index (χ1) is 10.1. The first kappa shape index (κ1) is 18.3. The highest BCUT2D eigenvalue weighted by Gasteiger charge is 2.53. The Labute approximate surface area is 125 Å². The lowest BCUT2D eigenvalue weighted by Gasteiger charge is -2.43. The van der Waals surface area contributed by atoms with Crippen LogP contribution in [0.1, 0.15) is 27.7 Å². The van der Waals surface area contributed by atoms with E-state index in [1.54, 1.807) is 0 Å². The van der Waals surface area contributed by atoms with Crippen LogP contribution in [-0.2, 0) is 33.3 Å². The summed E-state index contributed by atoms with van der Waals surface area (Å²) in [7, 11) is 0. The molecule has 0 radical (unpaired) electrons. The van der Waals surface area contributed by atoms with Crippen LogP contribution in [0.25, 0.3) is 0 Å². The van der Waals surface area contributed by atoms with Gasteiger partial charge in [0.15, 0.2) is 24.4 Å². The maximum atomic E-state index is 13.1. The molecule has 1 aliphatic heterocycles. The van der Waals surface area contributed by atoms with Crippen molar-refractivity contribution < 1.29 is 42.1 Å². The summed E-state index contributed by atoms with van der Waals surface area (Å²) in [6, 6.07) is 0. The zero-order chi connectivity index (χ0) is 17.0. The minimum absolute atomic E-state index is 0.713. The molecule has 1 heterocycles. The van der Waals surface area contributed by atoms with E-state index in [1.807, 2.05) is 0 Å². The lowest BCUT2D eigenvalue weighted by molar-refractivity contribution is -0.261. The van der Waals surface area contributed by atoms with Gasteiger partial charge in [-0.2, -0.15) is 0 Å². The summed E-state index contributed by atoms with van der Waals surface area (Å²) in [5.41, 5.74) is 0. The van der Waals surface area contributed by atoms with Gasteiger partial charge in [0, 0.05) is 20.8 Å². The zero-order valence-corrected chi connectivity index (χ0v) is 12.6. The molecule has 7 nitrogen and oxygen atoms in total. The van der Waals surface area contributed by atoms with Gasteiger partial charge in [0.1, 0.15) is 0 Å². The predicted octanol–water partition coefficient (Wildman–Crippen LogP) is 0.834. The molecule has 0 aromatic rings. The van der Waals surface area contributed by atoms with Crippen LogP contribution in [0, 0.1) is 0 Å². The molecule has 0 bridgehead atoms. The summed E-state index contributed by atoms with van der Waals surface area (Å²) in [6.07, 6.45) is -9.88. The fourth-order valence-electron chi connectivity index (χ4n) is 2.25. The maximum Gasteiger partial charge on any atom is 0.303 e. The van der Waals surface area contributed by atoms with E-state index in [2.05, 4.69) is 0 Å². The monoisotopic (exact) mass is 324 g/mol. The lowest BCUT2D eigenvalue weighted by Crippen LogP contribution is -2.62. The standard InChI is InChI=1S/C13H18F2O7/c1-5-9(20-6(2)16)10(21-7(3)17)11(22-8(4)18)12(19-5)13(14)15/h5,9-13H,1-4H3/t5?,9-,10+,11+,12?/m1/s1. The van der Waals surface area contributed by atoms with Crippen molar-refractivity contribution in [2.24, 2.45) is 0 Å². The van der Waals surface area contributed by atoms with Gasteiger partial charge >= 0.3 is 17.9 Å². The molecule has 1 saturated heterocycles. The maximum absolute atomic E-state index is 13.1. The molecular formula is C13H18F2O7. The first-order valence-electron chi connectivity index (χ1n) is 6.58. The van der Waals surface area contributed by atoms with Crippen LogP contribution >= 0.6 is 0 Å². The van der Waals surface area contributed by atoms with Gasteiger partial charge in [-0.15, -0.1) is 0 Å². The summed E-state index contributed by atoms with van der Waals surface area (Å²) in [4.78, 5) is 33.5. The Morgan fingerprint density at radius 1 is 0.864 bits per heavy atom. The van der Waals surface area contributed by atoms with Crippen LogP contribution < -0.4 is 0 Å². The average Bonchev–Trinajstić information content (AvgIpc) is 2.34. The number of esters is 3. The van der Waals surface area contributed by atoms with E-state index in [1.165, 1.54) is 6.92 Å². The third-order valence-corrected chi connectivity index (χ3v) is 2.96. The molecule has 5 atom stereocenters. The number of carbonyl (C=O) groups excluding carboxylic acids is 3. The lowest BCUT2D eigenvalue weighted by atomic mass is 9.95. The van der Waals surface area contributed by atoms with Crippen molar-refractivity contribution in [3.63, 3.8) is 0 Å². The molecule has 0 aromatic heterocycles. The Hall–Kier alpha value is -1.77. The molecular weight excluding hydrogens is 306 g/mol. The Morgan fingerprint density at radius 2 is 1.27 bits per heavy atom. The second kappa shape index (κ2) is 7.48. The van der Waals surface area contributed by atoms with Gasteiger partial charge in [-0.1, -0.05) is 0 Å². The summed E-state index contributed by atoms with van der Waals surface area (Å²) in [5.74, 6) is -2.36. The van der Waals surface area contributed by atoms with E-state index in [0.717, 1.165) is 20.8 Å². The molecule has 1 fully saturated rings. The van der Waals surface area contributed by atoms with Crippen molar-refractivity contribution in [2.75, 3.05) is 0 Å². The van der Waals surface area contributed by atoms with Gasteiger partial charge in [0.25, 0.3) is 6.43 Å². The van der Waals surface area contributed by atoms with Crippen molar-refractivity contribution in [3.8, 4) is 0 Å². The van der Waals surface area contributed by atoms with E-state index < -0.39 is 54.9 Å². The van der Waals surface area contributed by atoms with E-state index in [4.69, 9.17) is 18.9 Å². The average molecular weight is 324 g/mol. The van der Waals surface area contributed by atoms with Gasteiger partial charge < -0.3 is 18.9 Å². The molecule has 0 N–H and O–H groups in total. The largest absolute Gasteiger partial charge is 0.456 e. The normalized spacial score (nSPS) is 31.5. The van der Waals surface area contributed by atoms with Gasteiger partial charge in [-0.3, -0.25) is 14.4 Å². The van der Waals surface area contributed by atoms with Gasteiger partial charge in [0.2, 0.25) is 0 Å². The Balaban J connectivity index is 3.15. The van der Waals surface area contributed by atoms with Crippen LogP contribution in [0.2, 0.25) is 0 Å². The molecule has 126 valence electrons. The number of carbonyl (C=O) groups is 3. The van der Waals surface area contributed by atoms with Gasteiger partial charge in [0.05, 0.1) is 6.10 Å². The van der Waals surface area contributed by atoms with Gasteiger partial charge in [-0.25, -0.2) is 8.78 Å². The fourth-order valence-corrected chi connectivity index (χ4v) is 2.25. The predicted molar refractivity (Wildman–Crippen MR) is 67.0 cm³/mol. The Morgan fingerprint density at radius 3 is 1.68 bits per heavy atom. The second-order valence-electron chi connectivity index (χ2n) is 4.86. The SMILES string of the molecule is CC(=O)O[C@H]1[C@H](OC(C)=O)C(C)OC(C(F)F)[C@H]1OC(C)=O. The summed E-state index contributed by atoms with van der Waals surface area (Å²) < 4.78 is 46.1. The quantitative estimate of drug-likeness (QED) is 0.559. The highest BCUT2D eigenvalue weighted by molar-refractivity contribution is 5.68. The van der Waals surface area contributed by atoms with E-state index in [9.17, 15) is 23.2 Å². The molecule has 1 rings (SSSR count). The Bertz CT molecular complexity index is 440. The van der Waals surface area contributed by atoms with Crippen LogP contribution in [-0.4, -0.2) is 54.9 Å². The van der Waals surface area contributed by atoms with E-state index in [-0.39, 0.29) is 0 Å². The summed E-state index contributed by atoms with van der Waals surface area (Å²) in [5, 5.41) is 0. The second-order valence-corrected chi connectivity index (χ2v) is 4.86. The smallest absolute Gasteiger partial charge is 0.303 e. The molecule has 1 aliphatic rings. The fraction of sp³-hybridized carbons (Fsp3) is 0.769. The zero-order valence-electron chi connectivity index (χ0n) is 12.6. The van der Waals surface area contributed by atoms with Gasteiger partial charge in [-0.05, 0) is 6.92 Å². The van der Waals surface area contributed by atoms with Crippen molar-refractivity contribution >= 4 is 17.9 Å². The summed E-state index contributed by atoms with van der Waals surface area (Å²) >= 11 is 0. The van der Waals surface area contributed by atoms with E-state index >= 15 is 0 Å². The molecule has 0 saturated carbocycles. The summed E-state index contributed by atoms with van der Waals surface area (Å²) in [6.45, 7) is 4.58. The minimum atomic E-state index is -2.98. The molecule has 0 aliphatic carbocycles. The van der Waals surface area contributed by atoms with E-state index in [0.29, 0.717) is 0 Å². The van der Waals surface area contributed by atoms with Crippen molar-refractivity contribution in [2.45, 2.75) is 64.6 Å². The number of hydrogen-bond acceptors (Lipinski definition) is 7. The minimum Gasteiger partial charge on any atom is -0.456 e. The van der Waals surface area contributed by atoms with Crippen molar-refractivity contribution in [1.82, 2.24) is 0 Å². The van der Waals surface area contributed by atoms with Crippen LogP contribution in [0.3, 0.4) is 0 Å². The molecule has 0 aromatic carbocycles. The third-order valence-electron chi connectivity index (χ3n) is 2.96. The van der Waals surface area contributed by atoms with Crippen LogP contribution in [0.4, 0.5) is 8.78 Å². The first-order valence-corrected chi connectivity index (χ1v) is 6.58.